The molecule has 4 nitrogen and oxygen atoms in total. The molecular formula is C20H31NO3. The molecule has 0 saturated carbocycles. The highest BCUT2D eigenvalue weighted by Gasteiger charge is 2.11. The van der Waals surface area contributed by atoms with E-state index >= 15 is 0 Å². The minimum absolute atomic E-state index is 0.103. The van der Waals surface area contributed by atoms with E-state index in [1.54, 1.807) is 0 Å². The number of benzene rings is 1. The second-order valence-electron chi connectivity index (χ2n) is 5.92. The van der Waals surface area contributed by atoms with E-state index in [2.05, 4.69) is 19.2 Å². The van der Waals surface area contributed by atoms with Gasteiger partial charge >= 0.3 is 5.97 Å². The fourth-order valence-corrected chi connectivity index (χ4v) is 2.60. The van der Waals surface area contributed by atoms with Gasteiger partial charge in [-0.2, -0.15) is 0 Å². The molecule has 0 unspecified atom stereocenters. The van der Waals surface area contributed by atoms with Gasteiger partial charge in [0, 0.05) is 30.6 Å². The van der Waals surface area contributed by atoms with Gasteiger partial charge in [-0.25, -0.2) is 0 Å². The molecule has 0 aliphatic rings. The van der Waals surface area contributed by atoms with Crippen molar-refractivity contribution in [2.75, 3.05) is 18.5 Å². The van der Waals surface area contributed by atoms with E-state index in [9.17, 15) is 9.59 Å². The lowest BCUT2D eigenvalue weighted by Gasteiger charge is -2.14. The molecular weight excluding hydrogens is 302 g/mol. The van der Waals surface area contributed by atoms with Crippen molar-refractivity contribution in [1.29, 1.82) is 0 Å². The molecule has 1 aromatic carbocycles. The summed E-state index contributed by atoms with van der Waals surface area (Å²) in [7, 11) is 0. The second kappa shape index (κ2) is 11.7. The van der Waals surface area contributed by atoms with Crippen LogP contribution in [0.5, 0.6) is 0 Å². The number of anilines is 1. The molecule has 1 aromatic rings. The fourth-order valence-electron chi connectivity index (χ4n) is 2.60. The van der Waals surface area contributed by atoms with Crippen molar-refractivity contribution in [3.63, 3.8) is 0 Å². The van der Waals surface area contributed by atoms with Crippen molar-refractivity contribution in [2.24, 2.45) is 0 Å². The standard InChI is InChI=1S/C20H31NO3/c1-4-7-15-24-20(23)13-8-9-14-21-18-12-10-11-17(16(18)5-2)19(22)6-3/h10-12,21H,4-9,13-15H2,1-3H3. The molecule has 24 heavy (non-hydrogen) atoms. The number of carbonyl (C=O) groups is 2. The van der Waals surface area contributed by atoms with Crippen molar-refractivity contribution in [2.45, 2.75) is 65.7 Å². The Balaban J connectivity index is 2.40. The van der Waals surface area contributed by atoms with Crippen molar-refractivity contribution >= 4 is 17.4 Å². The molecule has 0 atom stereocenters. The van der Waals surface area contributed by atoms with Gasteiger partial charge in [0.25, 0.3) is 0 Å². The topological polar surface area (TPSA) is 55.4 Å². The SMILES string of the molecule is CCCCOC(=O)CCCCNc1cccc(C(=O)CC)c1CC. The number of hydrogen-bond donors (Lipinski definition) is 1. The van der Waals surface area contributed by atoms with Gasteiger partial charge < -0.3 is 10.1 Å². The third kappa shape index (κ3) is 6.73. The second-order valence-corrected chi connectivity index (χ2v) is 5.92. The van der Waals surface area contributed by atoms with Crippen molar-refractivity contribution in [1.82, 2.24) is 0 Å². The van der Waals surface area contributed by atoms with Crippen LogP contribution in [0, 0.1) is 0 Å². The molecule has 0 aromatic heterocycles. The number of esters is 1. The van der Waals surface area contributed by atoms with Gasteiger partial charge in [-0.05, 0) is 37.3 Å². The smallest absolute Gasteiger partial charge is 0.305 e. The number of Topliss-reactive ketones (excluding diaryl/α,β-unsaturated/α-hetero) is 1. The maximum absolute atomic E-state index is 12.0. The van der Waals surface area contributed by atoms with E-state index in [1.165, 1.54) is 0 Å². The Morgan fingerprint density at radius 3 is 2.54 bits per heavy atom. The Morgan fingerprint density at radius 2 is 1.88 bits per heavy atom. The number of nitrogens with one attached hydrogen (secondary N) is 1. The number of ketones is 1. The average Bonchev–Trinajstić information content (AvgIpc) is 2.60. The molecule has 1 N–H and O–H groups in total. The largest absolute Gasteiger partial charge is 0.466 e. The quantitative estimate of drug-likeness (QED) is 0.340. The van der Waals surface area contributed by atoms with Crippen LogP contribution in [0.2, 0.25) is 0 Å². The minimum atomic E-state index is -0.103. The summed E-state index contributed by atoms with van der Waals surface area (Å²) < 4.78 is 5.14. The summed E-state index contributed by atoms with van der Waals surface area (Å²) in [6.45, 7) is 7.36. The van der Waals surface area contributed by atoms with E-state index in [0.717, 1.165) is 55.5 Å². The summed E-state index contributed by atoms with van der Waals surface area (Å²) in [4.78, 5) is 23.5. The maximum atomic E-state index is 12.0. The van der Waals surface area contributed by atoms with E-state index in [0.29, 0.717) is 19.4 Å². The predicted molar refractivity (Wildman–Crippen MR) is 98.6 cm³/mol. The molecule has 0 fully saturated rings. The van der Waals surface area contributed by atoms with Crippen LogP contribution in [0.4, 0.5) is 5.69 Å². The van der Waals surface area contributed by atoms with Crippen LogP contribution in [0.15, 0.2) is 18.2 Å². The summed E-state index contributed by atoms with van der Waals surface area (Å²) in [6.07, 6.45) is 5.51. The van der Waals surface area contributed by atoms with Gasteiger partial charge in [0.2, 0.25) is 0 Å². The lowest BCUT2D eigenvalue weighted by Crippen LogP contribution is -2.10. The normalized spacial score (nSPS) is 10.5. The Kier molecular flexibility index (Phi) is 9.81. The lowest BCUT2D eigenvalue weighted by atomic mass is 9.98. The van der Waals surface area contributed by atoms with Gasteiger partial charge in [0.05, 0.1) is 6.61 Å². The van der Waals surface area contributed by atoms with Gasteiger partial charge in [0.1, 0.15) is 0 Å². The van der Waals surface area contributed by atoms with Crippen LogP contribution in [-0.4, -0.2) is 24.9 Å². The van der Waals surface area contributed by atoms with Crippen LogP contribution < -0.4 is 5.32 Å². The molecule has 0 spiro atoms. The summed E-state index contributed by atoms with van der Waals surface area (Å²) in [5.41, 5.74) is 2.94. The van der Waals surface area contributed by atoms with E-state index in [1.807, 2.05) is 25.1 Å². The fraction of sp³-hybridized carbons (Fsp3) is 0.600. The predicted octanol–water partition coefficient (Wildman–Crippen LogP) is 4.77. The number of rotatable bonds is 12. The number of unbranched alkanes of at least 4 members (excludes halogenated alkanes) is 2. The Hall–Kier alpha value is -1.84. The highest BCUT2D eigenvalue weighted by Crippen LogP contribution is 2.22. The molecule has 0 radical (unpaired) electrons. The van der Waals surface area contributed by atoms with Crippen LogP contribution in [-0.2, 0) is 16.0 Å². The molecule has 0 saturated heterocycles. The van der Waals surface area contributed by atoms with Crippen LogP contribution >= 0.6 is 0 Å². The third-order valence-electron chi connectivity index (χ3n) is 4.04. The molecule has 0 bridgehead atoms. The Labute approximate surface area is 146 Å². The van der Waals surface area contributed by atoms with Gasteiger partial charge in [-0.3, -0.25) is 9.59 Å². The third-order valence-corrected chi connectivity index (χ3v) is 4.04. The zero-order chi connectivity index (χ0) is 17.8. The summed E-state index contributed by atoms with van der Waals surface area (Å²) in [5.74, 6) is 0.0820. The van der Waals surface area contributed by atoms with Gasteiger partial charge in [-0.15, -0.1) is 0 Å². The van der Waals surface area contributed by atoms with Crippen molar-refractivity contribution in [3.8, 4) is 0 Å². The molecule has 1 rings (SSSR count). The van der Waals surface area contributed by atoms with E-state index in [4.69, 9.17) is 4.74 Å². The van der Waals surface area contributed by atoms with Gasteiger partial charge in [0.15, 0.2) is 5.78 Å². The summed E-state index contributed by atoms with van der Waals surface area (Å²) in [6, 6.07) is 5.85. The van der Waals surface area contributed by atoms with E-state index < -0.39 is 0 Å². The van der Waals surface area contributed by atoms with Gasteiger partial charge in [-0.1, -0.05) is 39.3 Å². The van der Waals surface area contributed by atoms with Crippen LogP contribution in [0.3, 0.4) is 0 Å². The van der Waals surface area contributed by atoms with Crippen LogP contribution in [0.25, 0.3) is 0 Å². The lowest BCUT2D eigenvalue weighted by molar-refractivity contribution is -0.143. The summed E-state index contributed by atoms with van der Waals surface area (Å²) >= 11 is 0. The molecule has 0 aliphatic heterocycles. The molecule has 134 valence electrons. The highest BCUT2D eigenvalue weighted by molar-refractivity contribution is 5.98. The Bertz CT molecular complexity index is 526. The number of hydrogen-bond acceptors (Lipinski definition) is 4. The van der Waals surface area contributed by atoms with Crippen molar-refractivity contribution < 1.29 is 14.3 Å². The zero-order valence-corrected chi connectivity index (χ0v) is 15.3. The first kappa shape index (κ1) is 20.2. The monoisotopic (exact) mass is 333 g/mol. The number of carbonyl (C=O) groups excluding carboxylic acids is 2. The zero-order valence-electron chi connectivity index (χ0n) is 15.3. The minimum Gasteiger partial charge on any atom is -0.466 e. The Morgan fingerprint density at radius 1 is 1.08 bits per heavy atom. The maximum Gasteiger partial charge on any atom is 0.305 e. The number of ether oxygens (including phenoxy) is 1. The first-order valence-corrected chi connectivity index (χ1v) is 9.18. The first-order valence-electron chi connectivity index (χ1n) is 9.18. The van der Waals surface area contributed by atoms with Crippen LogP contribution in [0.1, 0.15) is 75.2 Å². The first-order chi connectivity index (χ1) is 11.6. The molecule has 0 amide bonds. The summed E-state index contributed by atoms with van der Waals surface area (Å²) in [5, 5.41) is 3.41. The molecule has 0 heterocycles. The molecule has 4 heteroatoms. The van der Waals surface area contributed by atoms with E-state index in [-0.39, 0.29) is 11.8 Å². The highest BCUT2D eigenvalue weighted by atomic mass is 16.5. The van der Waals surface area contributed by atoms with Crippen molar-refractivity contribution in [3.05, 3.63) is 29.3 Å². The average molecular weight is 333 g/mol. The molecule has 0 aliphatic carbocycles.